The number of aryl methyl sites for hydroxylation is 1. The smallest absolute Gasteiger partial charge is 0.249 e. The lowest BCUT2D eigenvalue weighted by molar-refractivity contribution is -0.135. The maximum Gasteiger partial charge on any atom is 0.249 e. The Morgan fingerprint density at radius 1 is 1.24 bits per heavy atom. The van der Waals surface area contributed by atoms with Gasteiger partial charge in [0.05, 0.1) is 0 Å². The highest BCUT2D eigenvalue weighted by molar-refractivity contribution is 7.11. The zero-order valence-corrected chi connectivity index (χ0v) is 16.1. The summed E-state index contributed by atoms with van der Waals surface area (Å²) in [5.41, 5.74) is 0.446. The summed E-state index contributed by atoms with van der Waals surface area (Å²) < 4.78 is 0. The van der Waals surface area contributed by atoms with Crippen LogP contribution >= 0.6 is 11.3 Å². The number of amides is 1. The van der Waals surface area contributed by atoms with Gasteiger partial charge in [-0.1, -0.05) is 18.2 Å². The van der Waals surface area contributed by atoms with E-state index >= 15 is 0 Å². The maximum absolute atomic E-state index is 13.1. The molecule has 2 heterocycles. The summed E-state index contributed by atoms with van der Waals surface area (Å²) in [6.07, 6.45) is 1.88. The summed E-state index contributed by atoms with van der Waals surface area (Å²) in [7, 11) is 3.69. The van der Waals surface area contributed by atoms with E-state index in [0.29, 0.717) is 0 Å². The fraction of sp³-hybridized carbons (Fsp3) is 0.450. The lowest BCUT2D eigenvalue weighted by atomic mass is 9.87. The van der Waals surface area contributed by atoms with Crippen molar-refractivity contribution < 1.29 is 4.79 Å². The number of carbonyl (C=O) groups excluding carboxylic acids is 1. The van der Waals surface area contributed by atoms with E-state index < -0.39 is 5.54 Å². The van der Waals surface area contributed by atoms with Gasteiger partial charge in [-0.05, 0) is 50.6 Å². The van der Waals surface area contributed by atoms with Crippen LogP contribution in [0.4, 0.5) is 5.69 Å². The Morgan fingerprint density at radius 2 is 2.00 bits per heavy atom. The standard InChI is InChI=1S/C20H27N3OS/c1-16-10-11-18(25-16)14-23-13-7-12-20(15-23,19(24)22(2)3)21-17-8-5-4-6-9-17/h4-6,8-11,21H,7,12-15H2,1-3H3. The third kappa shape index (κ3) is 4.22. The molecule has 3 rings (SSSR count). The summed E-state index contributed by atoms with van der Waals surface area (Å²) in [4.78, 5) is 19.9. The molecule has 2 aromatic rings. The first kappa shape index (κ1) is 18.0. The van der Waals surface area contributed by atoms with E-state index in [0.717, 1.165) is 38.2 Å². The molecular formula is C20H27N3OS. The normalized spacial score (nSPS) is 21.1. The summed E-state index contributed by atoms with van der Waals surface area (Å²) in [5.74, 6) is 0.156. The number of likely N-dealkylation sites (tertiary alicyclic amines) is 1. The molecule has 0 radical (unpaired) electrons. The zero-order chi connectivity index (χ0) is 17.9. The SMILES string of the molecule is Cc1ccc(CN2CCCC(Nc3ccccc3)(C(=O)N(C)C)C2)s1. The molecule has 0 saturated carbocycles. The van der Waals surface area contributed by atoms with Gasteiger partial charge in [0.1, 0.15) is 5.54 Å². The van der Waals surface area contributed by atoms with Gasteiger partial charge in [0.25, 0.3) is 0 Å². The third-order valence-corrected chi connectivity index (χ3v) is 5.71. The minimum Gasteiger partial charge on any atom is -0.370 e. The third-order valence-electron chi connectivity index (χ3n) is 4.72. The molecule has 0 spiro atoms. The van der Waals surface area contributed by atoms with Gasteiger partial charge in [-0.2, -0.15) is 0 Å². The van der Waals surface area contributed by atoms with Crippen molar-refractivity contribution in [2.45, 2.75) is 31.8 Å². The van der Waals surface area contributed by atoms with Crippen molar-refractivity contribution in [3.8, 4) is 0 Å². The molecule has 1 unspecified atom stereocenters. The maximum atomic E-state index is 13.1. The van der Waals surface area contributed by atoms with Gasteiger partial charge in [-0.25, -0.2) is 0 Å². The fourth-order valence-corrected chi connectivity index (χ4v) is 4.56. The van der Waals surface area contributed by atoms with Gasteiger partial charge in [-0.15, -0.1) is 11.3 Å². The number of para-hydroxylation sites is 1. The first-order valence-corrected chi connectivity index (χ1v) is 9.63. The number of hydrogen-bond donors (Lipinski definition) is 1. The molecule has 1 N–H and O–H groups in total. The molecular weight excluding hydrogens is 330 g/mol. The molecule has 134 valence electrons. The minimum absolute atomic E-state index is 0.156. The molecule has 1 aromatic heterocycles. The average Bonchev–Trinajstić information content (AvgIpc) is 3.00. The molecule has 1 aliphatic rings. The van der Waals surface area contributed by atoms with Crippen LogP contribution in [-0.2, 0) is 11.3 Å². The van der Waals surface area contributed by atoms with E-state index in [1.807, 2.05) is 55.8 Å². The second-order valence-electron chi connectivity index (χ2n) is 7.10. The predicted octanol–water partition coefficient (Wildman–Crippen LogP) is 3.59. The van der Waals surface area contributed by atoms with Gasteiger partial charge >= 0.3 is 0 Å². The van der Waals surface area contributed by atoms with Crippen LogP contribution in [0.25, 0.3) is 0 Å². The van der Waals surface area contributed by atoms with Crippen LogP contribution in [0.1, 0.15) is 22.6 Å². The second-order valence-corrected chi connectivity index (χ2v) is 8.47. The molecule has 1 fully saturated rings. The first-order chi connectivity index (χ1) is 12.0. The van der Waals surface area contributed by atoms with Gasteiger partial charge in [-0.3, -0.25) is 9.69 Å². The fourth-order valence-electron chi connectivity index (χ4n) is 3.63. The highest BCUT2D eigenvalue weighted by atomic mass is 32.1. The Bertz CT molecular complexity index is 713. The lowest BCUT2D eigenvalue weighted by Gasteiger charge is -2.43. The van der Waals surface area contributed by atoms with Crippen molar-refractivity contribution in [1.82, 2.24) is 9.80 Å². The van der Waals surface area contributed by atoms with Gasteiger partial charge in [0.2, 0.25) is 5.91 Å². The molecule has 25 heavy (non-hydrogen) atoms. The Labute approximate surface area is 154 Å². The quantitative estimate of drug-likeness (QED) is 0.888. The van der Waals surface area contributed by atoms with Crippen molar-refractivity contribution in [2.24, 2.45) is 0 Å². The molecule has 1 aromatic carbocycles. The van der Waals surface area contributed by atoms with Crippen molar-refractivity contribution in [2.75, 3.05) is 32.5 Å². The average molecular weight is 358 g/mol. The van der Waals surface area contributed by atoms with Crippen LogP contribution in [0.2, 0.25) is 0 Å². The lowest BCUT2D eigenvalue weighted by Crippen LogP contribution is -2.61. The number of carbonyl (C=O) groups is 1. The minimum atomic E-state index is -0.560. The van der Waals surface area contributed by atoms with Crippen molar-refractivity contribution >= 4 is 22.9 Å². The Hall–Kier alpha value is -1.85. The Kier molecular flexibility index (Phi) is 5.45. The Morgan fingerprint density at radius 3 is 2.64 bits per heavy atom. The van der Waals surface area contributed by atoms with Crippen molar-refractivity contribution in [3.63, 3.8) is 0 Å². The monoisotopic (exact) mass is 357 g/mol. The van der Waals surface area contributed by atoms with E-state index in [1.165, 1.54) is 9.75 Å². The number of anilines is 1. The molecule has 0 bridgehead atoms. The topological polar surface area (TPSA) is 35.6 Å². The van der Waals surface area contributed by atoms with E-state index in [1.54, 1.807) is 4.90 Å². The van der Waals surface area contributed by atoms with E-state index in [-0.39, 0.29) is 5.91 Å². The highest BCUT2D eigenvalue weighted by Gasteiger charge is 2.43. The molecule has 1 aliphatic heterocycles. The number of thiophene rings is 1. The van der Waals surface area contributed by atoms with E-state index in [9.17, 15) is 4.79 Å². The number of nitrogens with zero attached hydrogens (tertiary/aromatic N) is 2. The molecule has 1 atom stereocenters. The number of hydrogen-bond acceptors (Lipinski definition) is 4. The van der Waals surface area contributed by atoms with Gasteiger partial charge in [0, 0.05) is 42.6 Å². The Balaban J connectivity index is 1.81. The van der Waals surface area contributed by atoms with Crippen LogP contribution in [0.3, 0.4) is 0 Å². The summed E-state index contributed by atoms with van der Waals surface area (Å²) in [6.45, 7) is 4.82. The van der Waals surface area contributed by atoms with Crippen LogP contribution in [0, 0.1) is 6.92 Å². The molecule has 1 saturated heterocycles. The number of likely N-dealkylation sites (N-methyl/N-ethyl adjacent to an activating group) is 1. The van der Waals surface area contributed by atoms with E-state index in [2.05, 4.69) is 29.3 Å². The van der Waals surface area contributed by atoms with Crippen molar-refractivity contribution in [1.29, 1.82) is 0 Å². The van der Waals surface area contributed by atoms with E-state index in [4.69, 9.17) is 0 Å². The van der Waals surface area contributed by atoms with Crippen LogP contribution in [0.15, 0.2) is 42.5 Å². The van der Waals surface area contributed by atoms with Crippen LogP contribution in [0.5, 0.6) is 0 Å². The predicted molar refractivity (Wildman–Crippen MR) is 105 cm³/mol. The van der Waals surface area contributed by atoms with Gasteiger partial charge < -0.3 is 10.2 Å². The van der Waals surface area contributed by atoms with Gasteiger partial charge in [0.15, 0.2) is 0 Å². The zero-order valence-electron chi connectivity index (χ0n) is 15.3. The second kappa shape index (κ2) is 7.58. The molecule has 0 aliphatic carbocycles. The van der Waals surface area contributed by atoms with Crippen LogP contribution in [-0.4, -0.2) is 48.4 Å². The first-order valence-electron chi connectivity index (χ1n) is 8.81. The molecule has 4 nitrogen and oxygen atoms in total. The summed E-state index contributed by atoms with van der Waals surface area (Å²) >= 11 is 1.84. The summed E-state index contributed by atoms with van der Waals surface area (Å²) in [5, 5.41) is 3.57. The number of piperidine rings is 1. The van der Waals surface area contributed by atoms with Crippen LogP contribution < -0.4 is 5.32 Å². The van der Waals surface area contributed by atoms with Crippen molar-refractivity contribution in [3.05, 3.63) is 52.2 Å². The number of nitrogens with one attached hydrogen (secondary N) is 1. The number of benzene rings is 1. The molecule has 5 heteroatoms. The highest BCUT2D eigenvalue weighted by Crippen LogP contribution is 2.29. The largest absolute Gasteiger partial charge is 0.370 e. The molecule has 1 amide bonds. The summed E-state index contributed by atoms with van der Waals surface area (Å²) in [6, 6.07) is 14.5. The number of rotatable bonds is 5.